The Morgan fingerprint density at radius 1 is 1.41 bits per heavy atom. The van der Waals surface area contributed by atoms with Crippen molar-refractivity contribution in [2.24, 2.45) is 0 Å². The van der Waals surface area contributed by atoms with Gasteiger partial charge in [0.25, 0.3) is 0 Å². The first-order chi connectivity index (χ1) is 8.36. The molecule has 1 aliphatic carbocycles. The molecule has 2 aliphatic rings. The third-order valence-corrected chi connectivity index (χ3v) is 3.81. The average molecular weight is 231 g/mol. The second-order valence-electron chi connectivity index (χ2n) is 5.35. The molecule has 0 amide bonds. The number of hydrogen-bond donors (Lipinski definition) is 0. The first-order valence-electron chi connectivity index (χ1n) is 6.94. The Balaban J connectivity index is 1.72. The van der Waals surface area contributed by atoms with Crippen molar-refractivity contribution in [3.63, 3.8) is 0 Å². The molecule has 3 nitrogen and oxygen atoms in total. The number of fused-ring (bicyclic) bond motifs is 1. The molecule has 0 radical (unpaired) electrons. The maximum absolute atomic E-state index is 4.78. The summed E-state index contributed by atoms with van der Waals surface area (Å²) in [6.45, 7) is 5.70. The molecule has 0 spiro atoms. The third-order valence-electron chi connectivity index (χ3n) is 3.81. The Labute approximate surface area is 103 Å². The van der Waals surface area contributed by atoms with Gasteiger partial charge in [0.05, 0.1) is 5.69 Å². The molecule has 1 aromatic heterocycles. The summed E-state index contributed by atoms with van der Waals surface area (Å²) in [6, 6.07) is 0. The molecule has 3 heteroatoms. The lowest BCUT2D eigenvalue weighted by Crippen LogP contribution is -2.32. The minimum Gasteiger partial charge on any atom is -0.297 e. The number of aromatic nitrogens is 2. The Kier molecular flexibility index (Phi) is 3.10. The van der Waals surface area contributed by atoms with Gasteiger partial charge in [-0.1, -0.05) is 13.3 Å². The van der Waals surface area contributed by atoms with E-state index in [0.29, 0.717) is 5.92 Å². The number of nitrogens with zero attached hydrogens (tertiary/aromatic N) is 3. The molecule has 1 saturated carbocycles. The second-order valence-corrected chi connectivity index (χ2v) is 5.35. The first-order valence-corrected chi connectivity index (χ1v) is 6.94. The first kappa shape index (κ1) is 11.1. The predicted octanol–water partition coefficient (Wildman–Crippen LogP) is 2.51. The summed E-state index contributed by atoms with van der Waals surface area (Å²) >= 11 is 0. The van der Waals surface area contributed by atoms with Gasteiger partial charge in [-0.15, -0.1) is 0 Å². The Morgan fingerprint density at radius 2 is 2.29 bits per heavy atom. The van der Waals surface area contributed by atoms with Crippen LogP contribution in [0, 0.1) is 0 Å². The fraction of sp³-hybridized carbons (Fsp3) is 0.714. The largest absolute Gasteiger partial charge is 0.297 e. The van der Waals surface area contributed by atoms with E-state index < -0.39 is 0 Å². The normalized spacial score (nSPS) is 20.3. The molecule has 92 valence electrons. The molecule has 17 heavy (non-hydrogen) atoms. The van der Waals surface area contributed by atoms with Crippen LogP contribution in [-0.2, 0) is 13.0 Å². The average Bonchev–Trinajstić information content (AvgIpc) is 3.19. The molecule has 0 atom stereocenters. The van der Waals surface area contributed by atoms with E-state index in [1.807, 2.05) is 0 Å². The monoisotopic (exact) mass is 231 g/mol. The summed E-state index contributed by atoms with van der Waals surface area (Å²) in [4.78, 5) is 11.8. The van der Waals surface area contributed by atoms with Gasteiger partial charge < -0.3 is 0 Å². The van der Waals surface area contributed by atoms with Gasteiger partial charge >= 0.3 is 0 Å². The van der Waals surface area contributed by atoms with E-state index in [2.05, 4.69) is 23.0 Å². The molecule has 3 rings (SSSR count). The minimum absolute atomic E-state index is 0.673. The molecule has 0 saturated heterocycles. The molecule has 2 heterocycles. The highest BCUT2D eigenvalue weighted by Gasteiger charge is 2.28. The SMILES string of the molecule is CCCCN1CCc2cnc(C3CC3)nc2C1. The number of unbranched alkanes of at least 4 members (excludes halogenated alkanes) is 1. The highest BCUT2D eigenvalue weighted by molar-refractivity contribution is 5.22. The maximum Gasteiger partial charge on any atom is 0.131 e. The fourth-order valence-electron chi connectivity index (χ4n) is 2.48. The topological polar surface area (TPSA) is 29.0 Å². The zero-order chi connectivity index (χ0) is 11.7. The van der Waals surface area contributed by atoms with Gasteiger partial charge in [-0.05, 0) is 37.8 Å². The fourth-order valence-corrected chi connectivity index (χ4v) is 2.48. The second kappa shape index (κ2) is 4.73. The lowest BCUT2D eigenvalue weighted by Gasteiger charge is -2.27. The number of rotatable bonds is 4. The molecule has 0 bridgehead atoms. The van der Waals surface area contributed by atoms with Crippen LogP contribution in [0.1, 0.15) is 55.6 Å². The van der Waals surface area contributed by atoms with Crippen LogP contribution < -0.4 is 0 Å². The van der Waals surface area contributed by atoms with E-state index in [1.54, 1.807) is 0 Å². The summed E-state index contributed by atoms with van der Waals surface area (Å²) in [5.41, 5.74) is 2.67. The van der Waals surface area contributed by atoms with Crippen LogP contribution in [0.2, 0.25) is 0 Å². The molecule has 1 fully saturated rings. The summed E-state index contributed by atoms with van der Waals surface area (Å²) in [5, 5.41) is 0. The summed E-state index contributed by atoms with van der Waals surface area (Å²) < 4.78 is 0. The van der Waals surface area contributed by atoms with Crippen LogP contribution >= 0.6 is 0 Å². The van der Waals surface area contributed by atoms with Crippen LogP contribution in [0.25, 0.3) is 0 Å². The molecule has 1 aromatic rings. The predicted molar refractivity (Wildman–Crippen MR) is 67.9 cm³/mol. The summed E-state index contributed by atoms with van der Waals surface area (Å²) in [5.74, 6) is 1.77. The van der Waals surface area contributed by atoms with Gasteiger partial charge in [-0.3, -0.25) is 4.90 Å². The van der Waals surface area contributed by atoms with Gasteiger partial charge in [0.1, 0.15) is 5.82 Å². The highest BCUT2D eigenvalue weighted by atomic mass is 15.1. The Bertz CT molecular complexity index is 398. The van der Waals surface area contributed by atoms with Crippen molar-refractivity contribution in [2.45, 2.75) is 51.5 Å². The number of hydrogen-bond acceptors (Lipinski definition) is 3. The van der Waals surface area contributed by atoms with Crippen LogP contribution in [0.4, 0.5) is 0 Å². The maximum atomic E-state index is 4.78. The van der Waals surface area contributed by atoms with E-state index >= 15 is 0 Å². The van der Waals surface area contributed by atoms with Gasteiger partial charge in [0.15, 0.2) is 0 Å². The van der Waals surface area contributed by atoms with Crippen LogP contribution in [0.15, 0.2) is 6.20 Å². The van der Waals surface area contributed by atoms with Crippen LogP contribution in [0.3, 0.4) is 0 Å². The Morgan fingerprint density at radius 3 is 3.06 bits per heavy atom. The molecular formula is C14H21N3. The van der Waals surface area contributed by atoms with Crippen molar-refractivity contribution in [2.75, 3.05) is 13.1 Å². The molecule has 0 aromatic carbocycles. The lowest BCUT2D eigenvalue weighted by molar-refractivity contribution is 0.245. The van der Waals surface area contributed by atoms with E-state index in [4.69, 9.17) is 4.98 Å². The van der Waals surface area contributed by atoms with E-state index in [0.717, 1.165) is 18.8 Å². The zero-order valence-electron chi connectivity index (χ0n) is 10.7. The minimum atomic E-state index is 0.673. The van der Waals surface area contributed by atoms with Crippen LogP contribution in [0.5, 0.6) is 0 Å². The summed E-state index contributed by atoms with van der Waals surface area (Å²) in [6.07, 6.45) is 8.37. The van der Waals surface area contributed by atoms with E-state index in [1.165, 1.54) is 50.0 Å². The zero-order valence-corrected chi connectivity index (χ0v) is 10.7. The molecular weight excluding hydrogens is 210 g/mol. The lowest BCUT2D eigenvalue weighted by atomic mass is 10.1. The van der Waals surface area contributed by atoms with Crippen molar-refractivity contribution in [1.82, 2.24) is 14.9 Å². The quantitative estimate of drug-likeness (QED) is 0.797. The van der Waals surface area contributed by atoms with Crippen molar-refractivity contribution in [1.29, 1.82) is 0 Å². The smallest absolute Gasteiger partial charge is 0.131 e. The van der Waals surface area contributed by atoms with Gasteiger partial charge in [-0.2, -0.15) is 0 Å². The van der Waals surface area contributed by atoms with Crippen molar-refractivity contribution >= 4 is 0 Å². The molecule has 0 N–H and O–H groups in total. The van der Waals surface area contributed by atoms with Crippen molar-refractivity contribution in [3.8, 4) is 0 Å². The highest BCUT2D eigenvalue weighted by Crippen LogP contribution is 2.38. The third kappa shape index (κ3) is 2.49. The van der Waals surface area contributed by atoms with E-state index in [9.17, 15) is 0 Å². The van der Waals surface area contributed by atoms with Crippen molar-refractivity contribution < 1.29 is 0 Å². The standard InChI is InChI=1S/C14H21N3/c1-2-3-7-17-8-6-12-9-15-14(11-4-5-11)16-13(12)10-17/h9,11H,2-8,10H2,1H3. The van der Waals surface area contributed by atoms with Gasteiger partial charge in [0, 0.05) is 25.2 Å². The summed E-state index contributed by atoms with van der Waals surface area (Å²) in [7, 11) is 0. The van der Waals surface area contributed by atoms with Crippen LogP contribution in [-0.4, -0.2) is 28.0 Å². The molecule has 0 unspecified atom stereocenters. The Hall–Kier alpha value is -0.960. The molecule has 1 aliphatic heterocycles. The van der Waals surface area contributed by atoms with Gasteiger partial charge in [-0.25, -0.2) is 9.97 Å². The van der Waals surface area contributed by atoms with E-state index in [-0.39, 0.29) is 0 Å². The van der Waals surface area contributed by atoms with Gasteiger partial charge in [0.2, 0.25) is 0 Å². The van der Waals surface area contributed by atoms with Crippen molar-refractivity contribution in [3.05, 3.63) is 23.3 Å².